The highest BCUT2D eigenvalue weighted by Gasteiger charge is 2.10. The van der Waals surface area contributed by atoms with Crippen molar-refractivity contribution < 1.29 is 14.3 Å². The zero-order chi connectivity index (χ0) is 25.2. The molecule has 3 aromatic carbocycles. The fourth-order valence-corrected chi connectivity index (χ4v) is 3.31. The van der Waals surface area contributed by atoms with Gasteiger partial charge < -0.3 is 21.1 Å². The van der Waals surface area contributed by atoms with Crippen LogP contribution in [0.15, 0.2) is 84.4 Å². The largest absolute Gasteiger partial charge is 0.423 e. The molecule has 0 radical (unpaired) electrons. The minimum absolute atomic E-state index is 0.170. The Morgan fingerprint density at radius 3 is 2.31 bits per heavy atom. The number of aliphatic imine (C=N–C) groups is 1. The lowest BCUT2D eigenvalue weighted by Gasteiger charge is -2.09. The van der Waals surface area contributed by atoms with Crippen molar-refractivity contribution in [1.82, 2.24) is 5.32 Å². The van der Waals surface area contributed by atoms with Gasteiger partial charge in [0.05, 0.1) is 11.3 Å². The van der Waals surface area contributed by atoms with Crippen LogP contribution < -0.4 is 21.1 Å². The van der Waals surface area contributed by atoms with Gasteiger partial charge in [0, 0.05) is 24.3 Å². The monoisotopic (exact) mass is 470 g/mol. The van der Waals surface area contributed by atoms with E-state index in [0.717, 1.165) is 35.3 Å². The van der Waals surface area contributed by atoms with Crippen molar-refractivity contribution in [3.05, 3.63) is 102 Å². The molecule has 0 fully saturated rings. The summed E-state index contributed by atoms with van der Waals surface area (Å²) in [5.41, 5.74) is 11.0. The second-order valence-corrected chi connectivity index (χ2v) is 8.06. The number of nitrogens with zero attached hydrogens (tertiary/aromatic N) is 1. The van der Waals surface area contributed by atoms with Gasteiger partial charge in [-0.2, -0.15) is 0 Å². The van der Waals surface area contributed by atoms with Gasteiger partial charge in [-0.15, -0.1) is 0 Å². The van der Waals surface area contributed by atoms with E-state index in [1.807, 2.05) is 50.2 Å². The van der Waals surface area contributed by atoms with Gasteiger partial charge in [0.2, 0.25) is 5.91 Å². The number of aryl methyl sites for hydroxylation is 2. The second-order valence-electron chi connectivity index (χ2n) is 8.06. The molecule has 1 amide bonds. The van der Waals surface area contributed by atoms with E-state index >= 15 is 0 Å². The molecule has 0 atom stereocenters. The lowest BCUT2D eigenvalue weighted by Crippen LogP contribution is -2.23. The number of amidine groups is 1. The van der Waals surface area contributed by atoms with E-state index in [4.69, 9.17) is 10.5 Å². The van der Waals surface area contributed by atoms with E-state index < -0.39 is 5.97 Å². The van der Waals surface area contributed by atoms with Crippen LogP contribution in [0, 0.1) is 13.8 Å². The van der Waals surface area contributed by atoms with Crippen LogP contribution in [-0.4, -0.2) is 30.8 Å². The van der Waals surface area contributed by atoms with E-state index in [0.29, 0.717) is 29.4 Å². The minimum Gasteiger partial charge on any atom is -0.423 e. The molecule has 35 heavy (non-hydrogen) atoms. The van der Waals surface area contributed by atoms with Crippen LogP contribution >= 0.6 is 0 Å². The summed E-state index contributed by atoms with van der Waals surface area (Å²) in [6, 6.07) is 20.1. The molecular weight excluding hydrogens is 440 g/mol. The van der Waals surface area contributed by atoms with Crippen molar-refractivity contribution in [1.29, 1.82) is 0 Å². The molecule has 0 aliphatic rings. The van der Waals surface area contributed by atoms with Crippen LogP contribution in [0.5, 0.6) is 5.75 Å². The molecule has 7 nitrogen and oxygen atoms in total. The fraction of sp³-hybridized carbons (Fsp3) is 0.179. The SMILES string of the molecule is C=CC(=O)NCCCNc1ccc(C(N)=Nc2ccc(C(=O)Oc3ccc(C)cc3C)cc2)cc1. The minimum atomic E-state index is -0.424. The van der Waals surface area contributed by atoms with Crippen LogP contribution in [-0.2, 0) is 4.79 Å². The Bertz CT molecular complexity index is 1220. The fourth-order valence-electron chi connectivity index (χ4n) is 3.31. The maximum atomic E-state index is 12.5. The van der Waals surface area contributed by atoms with E-state index in [2.05, 4.69) is 22.2 Å². The summed E-state index contributed by atoms with van der Waals surface area (Å²) in [7, 11) is 0. The molecule has 3 rings (SSSR count). The highest BCUT2D eigenvalue weighted by Crippen LogP contribution is 2.21. The number of esters is 1. The van der Waals surface area contributed by atoms with Crippen LogP contribution in [0.4, 0.5) is 11.4 Å². The summed E-state index contributed by atoms with van der Waals surface area (Å²) in [6.45, 7) is 8.62. The van der Waals surface area contributed by atoms with Gasteiger partial charge in [-0.3, -0.25) is 4.79 Å². The molecule has 0 saturated heterocycles. The second kappa shape index (κ2) is 12.2. The molecule has 0 aliphatic heterocycles. The van der Waals surface area contributed by atoms with E-state index in [1.54, 1.807) is 30.3 Å². The molecule has 0 heterocycles. The summed E-state index contributed by atoms with van der Waals surface area (Å²) in [4.78, 5) is 28.1. The average molecular weight is 471 g/mol. The number of rotatable bonds is 10. The van der Waals surface area contributed by atoms with E-state index in [1.165, 1.54) is 6.08 Å². The van der Waals surface area contributed by atoms with Gasteiger partial charge in [-0.05, 0) is 86.5 Å². The third kappa shape index (κ3) is 7.57. The number of carbonyl (C=O) groups excluding carboxylic acids is 2. The zero-order valence-electron chi connectivity index (χ0n) is 20.0. The highest BCUT2D eigenvalue weighted by atomic mass is 16.5. The summed E-state index contributed by atoms with van der Waals surface area (Å²) in [5, 5.41) is 6.03. The predicted molar refractivity (Wildman–Crippen MR) is 140 cm³/mol. The first-order chi connectivity index (χ1) is 16.9. The number of nitrogens with two attached hydrogens (primary N) is 1. The van der Waals surface area contributed by atoms with Crippen LogP contribution in [0.3, 0.4) is 0 Å². The summed E-state index contributed by atoms with van der Waals surface area (Å²) >= 11 is 0. The van der Waals surface area contributed by atoms with Crippen LogP contribution in [0.1, 0.15) is 33.5 Å². The molecule has 180 valence electrons. The Balaban J connectivity index is 1.54. The van der Waals surface area contributed by atoms with E-state index in [-0.39, 0.29) is 5.91 Å². The van der Waals surface area contributed by atoms with Crippen molar-refractivity contribution in [2.24, 2.45) is 10.7 Å². The Labute approximate surface area is 205 Å². The third-order valence-electron chi connectivity index (χ3n) is 5.23. The van der Waals surface area contributed by atoms with Crippen molar-refractivity contribution in [2.75, 3.05) is 18.4 Å². The maximum Gasteiger partial charge on any atom is 0.343 e. The number of amides is 1. The highest BCUT2D eigenvalue weighted by molar-refractivity contribution is 5.99. The molecule has 0 aliphatic carbocycles. The molecule has 7 heteroatoms. The first-order valence-corrected chi connectivity index (χ1v) is 11.3. The zero-order valence-corrected chi connectivity index (χ0v) is 20.0. The molecule has 0 bridgehead atoms. The Hall–Kier alpha value is -4.39. The number of carbonyl (C=O) groups is 2. The normalized spacial score (nSPS) is 11.0. The summed E-state index contributed by atoms with van der Waals surface area (Å²) < 4.78 is 5.52. The third-order valence-corrected chi connectivity index (χ3v) is 5.23. The summed E-state index contributed by atoms with van der Waals surface area (Å²) in [6.07, 6.45) is 2.05. The molecule has 3 aromatic rings. The first-order valence-electron chi connectivity index (χ1n) is 11.3. The topological polar surface area (TPSA) is 106 Å². The van der Waals surface area contributed by atoms with Crippen LogP contribution in [0.2, 0.25) is 0 Å². The molecule has 0 unspecified atom stereocenters. The molecule has 0 spiro atoms. The number of anilines is 1. The smallest absolute Gasteiger partial charge is 0.343 e. The maximum absolute atomic E-state index is 12.5. The summed E-state index contributed by atoms with van der Waals surface area (Å²) in [5.74, 6) is 0.321. The van der Waals surface area contributed by atoms with Gasteiger partial charge in [0.15, 0.2) is 0 Å². The Kier molecular flexibility index (Phi) is 8.78. The number of ether oxygens (including phenoxy) is 1. The van der Waals surface area contributed by atoms with Gasteiger partial charge in [-0.25, -0.2) is 9.79 Å². The van der Waals surface area contributed by atoms with Crippen molar-refractivity contribution in [3.8, 4) is 5.75 Å². The quantitative estimate of drug-likeness (QED) is 0.0998. The Morgan fingerprint density at radius 2 is 1.66 bits per heavy atom. The predicted octanol–water partition coefficient (Wildman–Crippen LogP) is 4.66. The van der Waals surface area contributed by atoms with Gasteiger partial charge in [0.1, 0.15) is 11.6 Å². The van der Waals surface area contributed by atoms with Gasteiger partial charge in [-0.1, -0.05) is 24.3 Å². The van der Waals surface area contributed by atoms with E-state index in [9.17, 15) is 9.59 Å². The number of hydrogen-bond donors (Lipinski definition) is 3. The lowest BCUT2D eigenvalue weighted by atomic mass is 10.1. The van der Waals surface area contributed by atoms with Crippen molar-refractivity contribution in [2.45, 2.75) is 20.3 Å². The standard InChI is InChI=1S/C28H30N4O3/c1-4-26(33)31-17-5-16-30-23-11-7-21(8-12-23)27(29)32-24-13-9-22(10-14-24)28(34)35-25-15-6-19(2)18-20(25)3/h4,6-15,18,30H,1,5,16-17H2,2-3H3,(H2,29,32)(H,31,33). The molecule has 0 saturated carbocycles. The van der Waals surface area contributed by atoms with Gasteiger partial charge in [0.25, 0.3) is 0 Å². The first kappa shape index (κ1) is 25.2. The number of nitrogens with one attached hydrogen (secondary N) is 2. The average Bonchev–Trinajstić information content (AvgIpc) is 2.86. The van der Waals surface area contributed by atoms with Crippen molar-refractivity contribution >= 4 is 29.1 Å². The van der Waals surface area contributed by atoms with Crippen LogP contribution in [0.25, 0.3) is 0 Å². The molecule has 4 N–H and O–H groups in total. The number of hydrogen-bond acceptors (Lipinski definition) is 5. The lowest BCUT2D eigenvalue weighted by molar-refractivity contribution is -0.116. The molecule has 0 aromatic heterocycles. The molecular formula is C28H30N4O3. The Morgan fingerprint density at radius 1 is 0.971 bits per heavy atom. The van der Waals surface area contributed by atoms with Crippen molar-refractivity contribution in [3.63, 3.8) is 0 Å². The number of benzene rings is 3. The van der Waals surface area contributed by atoms with Gasteiger partial charge >= 0.3 is 5.97 Å².